The molecule has 5 heteroatoms. The Morgan fingerprint density at radius 1 is 1.53 bits per heavy atom. The van der Waals surface area contributed by atoms with Gasteiger partial charge in [-0.1, -0.05) is 0 Å². The molecule has 0 amide bonds. The maximum absolute atomic E-state index is 11.2. The molecule has 1 aliphatic rings. The molecule has 0 fully saturated rings. The molecule has 1 heterocycles. The van der Waals surface area contributed by atoms with Gasteiger partial charge in [0.1, 0.15) is 5.54 Å². The number of hydrogen-bond acceptors (Lipinski definition) is 3. The molecule has 0 bridgehead atoms. The number of carboxylic acid groups (broad SMARTS) is 1. The van der Waals surface area contributed by atoms with Crippen LogP contribution in [0.5, 0.6) is 0 Å². The Balaban J connectivity index is 1.93. The summed E-state index contributed by atoms with van der Waals surface area (Å²) in [5.41, 5.74) is 1.76. The largest absolute Gasteiger partial charge is 0.480 e. The van der Waals surface area contributed by atoms with Gasteiger partial charge >= 0.3 is 5.97 Å². The summed E-state index contributed by atoms with van der Waals surface area (Å²) in [4.78, 5) is 15.7. The van der Waals surface area contributed by atoms with Gasteiger partial charge in [0.05, 0.1) is 12.0 Å². The molecule has 0 aromatic carbocycles. The minimum Gasteiger partial charge on any atom is -0.480 e. The third-order valence-corrected chi connectivity index (χ3v) is 4.21. The maximum atomic E-state index is 11.2. The van der Waals surface area contributed by atoms with Crippen LogP contribution in [0.1, 0.15) is 44.0 Å². The number of aryl methyl sites for hydroxylation is 2. The molecular formula is C14H23N3O2. The summed E-state index contributed by atoms with van der Waals surface area (Å²) in [6.45, 7) is 2.59. The Labute approximate surface area is 114 Å². The molecule has 1 unspecified atom stereocenters. The van der Waals surface area contributed by atoms with Crippen molar-refractivity contribution in [3.05, 3.63) is 17.7 Å². The summed E-state index contributed by atoms with van der Waals surface area (Å²) in [6, 6.07) is 0. The van der Waals surface area contributed by atoms with E-state index in [1.165, 1.54) is 24.2 Å². The zero-order valence-electron chi connectivity index (χ0n) is 11.8. The van der Waals surface area contributed by atoms with Gasteiger partial charge in [0, 0.05) is 12.2 Å². The summed E-state index contributed by atoms with van der Waals surface area (Å²) < 4.78 is 2.20. The van der Waals surface area contributed by atoms with Crippen molar-refractivity contribution in [3.63, 3.8) is 0 Å². The van der Waals surface area contributed by atoms with Crippen molar-refractivity contribution < 1.29 is 9.90 Å². The number of fused-ring (bicyclic) bond motifs is 1. The lowest BCUT2D eigenvalue weighted by Crippen LogP contribution is -2.47. The Morgan fingerprint density at radius 3 is 2.95 bits per heavy atom. The van der Waals surface area contributed by atoms with Crippen LogP contribution in [0.3, 0.4) is 0 Å². The Hall–Kier alpha value is -1.36. The predicted octanol–water partition coefficient (Wildman–Crippen LogP) is 1.60. The van der Waals surface area contributed by atoms with E-state index in [0.717, 1.165) is 25.8 Å². The minimum atomic E-state index is -0.833. The quantitative estimate of drug-likeness (QED) is 0.820. The summed E-state index contributed by atoms with van der Waals surface area (Å²) in [5.74, 6) is -0.789. The van der Waals surface area contributed by atoms with E-state index < -0.39 is 11.5 Å². The zero-order valence-corrected chi connectivity index (χ0v) is 11.8. The number of carbonyl (C=O) groups is 1. The van der Waals surface area contributed by atoms with E-state index >= 15 is 0 Å². The van der Waals surface area contributed by atoms with Crippen LogP contribution < -0.4 is 5.32 Å². The lowest BCUT2D eigenvalue weighted by Gasteiger charge is -2.24. The number of aromatic nitrogens is 2. The van der Waals surface area contributed by atoms with Crippen molar-refractivity contribution in [1.82, 2.24) is 14.9 Å². The van der Waals surface area contributed by atoms with Crippen LogP contribution in [0.15, 0.2) is 6.33 Å². The third kappa shape index (κ3) is 2.97. The fourth-order valence-corrected chi connectivity index (χ4v) is 2.67. The highest BCUT2D eigenvalue weighted by Crippen LogP contribution is 2.21. The molecule has 106 valence electrons. The second kappa shape index (κ2) is 5.74. The summed E-state index contributed by atoms with van der Waals surface area (Å²) in [5, 5.41) is 12.1. The Morgan fingerprint density at radius 2 is 2.26 bits per heavy atom. The number of likely N-dealkylation sites (N-methyl/N-ethyl adjacent to an activating group) is 1. The van der Waals surface area contributed by atoms with Gasteiger partial charge in [0.25, 0.3) is 0 Å². The molecule has 1 aromatic rings. The first-order valence-corrected chi connectivity index (χ1v) is 7.02. The van der Waals surface area contributed by atoms with Crippen LogP contribution >= 0.6 is 0 Å². The molecule has 0 aliphatic heterocycles. The fraction of sp³-hybridized carbons (Fsp3) is 0.714. The number of carboxylic acids is 1. The molecule has 0 saturated heterocycles. The molecule has 2 rings (SSSR count). The number of aliphatic carboxylic acids is 1. The van der Waals surface area contributed by atoms with Crippen LogP contribution in [0.4, 0.5) is 0 Å². The first-order chi connectivity index (χ1) is 9.07. The van der Waals surface area contributed by atoms with Gasteiger partial charge in [0.15, 0.2) is 0 Å². The summed E-state index contributed by atoms with van der Waals surface area (Å²) >= 11 is 0. The zero-order chi connectivity index (χ0) is 13.9. The highest BCUT2D eigenvalue weighted by atomic mass is 16.4. The van der Waals surface area contributed by atoms with E-state index in [4.69, 9.17) is 0 Å². The van der Waals surface area contributed by atoms with Crippen LogP contribution in [-0.4, -0.2) is 33.2 Å². The van der Waals surface area contributed by atoms with Gasteiger partial charge < -0.3 is 15.0 Å². The van der Waals surface area contributed by atoms with Crippen LogP contribution in [0, 0.1) is 0 Å². The molecule has 19 heavy (non-hydrogen) atoms. The van der Waals surface area contributed by atoms with Gasteiger partial charge in [0.2, 0.25) is 0 Å². The van der Waals surface area contributed by atoms with Crippen molar-refractivity contribution >= 4 is 5.97 Å². The van der Waals surface area contributed by atoms with E-state index in [0.29, 0.717) is 6.42 Å². The van der Waals surface area contributed by atoms with Gasteiger partial charge in [-0.2, -0.15) is 0 Å². The number of hydrogen-bond donors (Lipinski definition) is 2. The lowest BCUT2D eigenvalue weighted by molar-refractivity contribution is -0.144. The SMILES string of the molecule is CNC(C)(CCCn1cnc2c1CCCC2)C(=O)O. The predicted molar refractivity (Wildman–Crippen MR) is 73.2 cm³/mol. The fourth-order valence-electron chi connectivity index (χ4n) is 2.67. The van der Waals surface area contributed by atoms with E-state index in [1.807, 2.05) is 6.33 Å². The summed E-state index contributed by atoms with van der Waals surface area (Å²) in [6.07, 6.45) is 8.04. The standard InChI is InChI=1S/C14H23N3O2/c1-14(15-2,13(18)19)8-5-9-17-10-16-11-6-3-4-7-12(11)17/h10,15H,3-9H2,1-2H3,(H,18,19). The molecule has 1 aliphatic carbocycles. The molecule has 1 aromatic heterocycles. The van der Waals surface area contributed by atoms with Crippen molar-refractivity contribution in [2.45, 2.75) is 57.5 Å². The number of nitrogens with zero attached hydrogens (tertiary/aromatic N) is 2. The number of nitrogens with one attached hydrogen (secondary N) is 1. The van der Waals surface area contributed by atoms with Crippen molar-refractivity contribution in [2.75, 3.05) is 7.05 Å². The highest BCUT2D eigenvalue weighted by Gasteiger charge is 2.30. The smallest absolute Gasteiger partial charge is 0.323 e. The van der Waals surface area contributed by atoms with Crippen molar-refractivity contribution in [1.29, 1.82) is 0 Å². The number of rotatable bonds is 6. The van der Waals surface area contributed by atoms with Crippen molar-refractivity contribution in [2.24, 2.45) is 0 Å². The molecule has 5 nitrogen and oxygen atoms in total. The van der Waals surface area contributed by atoms with Crippen molar-refractivity contribution in [3.8, 4) is 0 Å². The first-order valence-electron chi connectivity index (χ1n) is 7.02. The highest BCUT2D eigenvalue weighted by molar-refractivity contribution is 5.78. The van der Waals surface area contributed by atoms with Gasteiger partial charge in [-0.3, -0.25) is 4.79 Å². The van der Waals surface area contributed by atoms with E-state index in [-0.39, 0.29) is 0 Å². The molecular weight excluding hydrogens is 242 g/mol. The summed E-state index contributed by atoms with van der Waals surface area (Å²) in [7, 11) is 1.70. The van der Waals surface area contributed by atoms with Crippen LogP contribution in [0.2, 0.25) is 0 Å². The maximum Gasteiger partial charge on any atom is 0.323 e. The molecule has 1 atom stereocenters. The average molecular weight is 265 g/mol. The molecule has 0 spiro atoms. The van der Waals surface area contributed by atoms with E-state index in [9.17, 15) is 9.90 Å². The monoisotopic (exact) mass is 265 g/mol. The second-order valence-electron chi connectivity index (χ2n) is 5.53. The average Bonchev–Trinajstić information content (AvgIpc) is 2.82. The van der Waals surface area contributed by atoms with Gasteiger partial charge in [-0.05, 0) is 52.5 Å². The van der Waals surface area contributed by atoms with Gasteiger partial charge in [-0.15, -0.1) is 0 Å². The third-order valence-electron chi connectivity index (χ3n) is 4.21. The molecule has 2 N–H and O–H groups in total. The van der Waals surface area contributed by atoms with Crippen LogP contribution in [-0.2, 0) is 24.2 Å². The minimum absolute atomic E-state index is 0.617. The Bertz CT molecular complexity index is 456. The Kier molecular flexibility index (Phi) is 4.24. The molecule has 0 radical (unpaired) electrons. The van der Waals surface area contributed by atoms with E-state index in [1.54, 1.807) is 14.0 Å². The van der Waals surface area contributed by atoms with Crippen LogP contribution in [0.25, 0.3) is 0 Å². The molecule has 0 saturated carbocycles. The van der Waals surface area contributed by atoms with E-state index in [2.05, 4.69) is 14.9 Å². The topological polar surface area (TPSA) is 67.2 Å². The van der Waals surface area contributed by atoms with Gasteiger partial charge in [-0.25, -0.2) is 4.98 Å². The first kappa shape index (κ1) is 14.1. The lowest BCUT2D eigenvalue weighted by atomic mass is 9.96. The second-order valence-corrected chi connectivity index (χ2v) is 5.53. The number of imidazole rings is 1. The normalized spacial score (nSPS) is 17.8.